The number of hydrogen-bond acceptors (Lipinski definition) is 4. The molecule has 0 spiro atoms. The lowest BCUT2D eigenvalue weighted by Crippen LogP contribution is -2.23. The Kier molecular flexibility index (Phi) is 10.4. The molecule has 29 heavy (non-hydrogen) atoms. The Morgan fingerprint density at radius 2 is 1.86 bits per heavy atom. The van der Waals surface area contributed by atoms with Gasteiger partial charge in [0.1, 0.15) is 6.42 Å². The molecule has 5 nitrogen and oxygen atoms in total. The van der Waals surface area contributed by atoms with Gasteiger partial charge in [-0.2, -0.15) is 0 Å². The molecule has 0 unspecified atom stereocenters. The van der Waals surface area contributed by atoms with Crippen molar-refractivity contribution in [1.82, 2.24) is 0 Å². The summed E-state index contributed by atoms with van der Waals surface area (Å²) in [4.78, 5) is 9.28. The van der Waals surface area contributed by atoms with Crippen molar-refractivity contribution in [1.29, 1.82) is 0 Å². The lowest BCUT2D eigenvalue weighted by atomic mass is 9.85. The van der Waals surface area contributed by atoms with Gasteiger partial charge in [-0.25, -0.2) is 0 Å². The molecule has 1 aliphatic carbocycles. The maximum atomic E-state index is 10.4. The molecule has 2 rings (SSSR count). The minimum absolute atomic E-state index is 0.0203. The molecule has 1 fully saturated rings. The number of rotatable bonds is 12. The van der Waals surface area contributed by atoms with Crippen LogP contribution in [-0.4, -0.2) is 51.5 Å². The number of aliphatic hydroxyl groups excluding tert-OH is 3. The summed E-state index contributed by atoms with van der Waals surface area (Å²) in [7, 11) is 1.46. The first-order valence-corrected chi connectivity index (χ1v) is 10.8. The Bertz CT molecular complexity index is 615. The van der Waals surface area contributed by atoms with Crippen molar-refractivity contribution in [3.63, 3.8) is 0 Å². The summed E-state index contributed by atoms with van der Waals surface area (Å²) in [5.74, 6) is 0.104. The number of esters is 1. The quantitative estimate of drug-likeness (QED) is 0.215. The lowest BCUT2D eigenvalue weighted by molar-refractivity contribution is 0.0857. The number of methoxy groups -OCH3 is 1. The molecule has 0 radical (unpaired) electrons. The molecule has 5 heteroatoms. The van der Waals surface area contributed by atoms with Gasteiger partial charge >= 0.3 is 5.97 Å². The first-order chi connectivity index (χ1) is 14.0. The van der Waals surface area contributed by atoms with Crippen LogP contribution in [0.4, 0.5) is 0 Å². The number of ether oxygens (including phenoxy) is 1. The number of carbonyl (C=O) groups excluding carboxylic acids is 1. The van der Waals surface area contributed by atoms with Crippen LogP contribution in [0.15, 0.2) is 42.5 Å². The minimum atomic E-state index is -0.502. The van der Waals surface area contributed by atoms with Gasteiger partial charge in [-0.15, -0.1) is 0 Å². The van der Waals surface area contributed by atoms with Crippen LogP contribution in [0, 0.1) is 11.8 Å². The molecule has 0 heterocycles. The molecule has 1 aromatic carbocycles. The minimum Gasteiger partial charge on any atom is -0.393 e. The molecule has 1 saturated carbocycles. The second-order valence-electron chi connectivity index (χ2n) is 8.15. The second kappa shape index (κ2) is 12.8. The largest absolute Gasteiger partial charge is 0.482 e. The normalized spacial score (nSPS) is 25.4. The van der Waals surface area contributed by atoms with Gasteiger partial charge < -0.3 is 24.9 Å². The van der Waals surface area contributed by atoms with Crippen LogP contribution in [-0.2, 0) is 11.2 Å². The fraction of sp³-hybridized carbons (Fsp3) is 0.625. The third-order valence-corrected chi connectivity index (χ3v) is 6.04. The highest BCUT2D eigenvalue weighted by molar-refractivity contribution is 5.70. The highest BCUT2D eigenvalue weighted by Gasteiger charge is 2.40. The molecule has 0 saturated heterocycles. The smallest absolute Gasteiger partial charge is 0.393 e. The molecule has 1 aliphatic rings. The summed E-state index contributed by atoms with van der Waals surface area (Å²) < 4.78 is 4.73. The molecule has 0 aromatic heterocycles. The summed E-state index contributed by atoms with van der Waals surface area (Å²) in [6.45, 7) is 0. The number of aryl methyl sites for hydroxylation is 1. The summed E-state index contributed by atoms with van der Waals surface area (Å²) in [6.07, 6.45) is 8.98. The van der Waals surface area contributed by atoms with E-state index in [4.69, 9.17) is 4.74 Å². The topological polar surface area (TPSA) is 91.3 Å². The van der Waals surface area contributed by atoms with Crippen molar-refractivity contribution >= 4 is 5.97 Å². The number of aliphatic hydroxyl groups is 3. The Morgan fingerprint density at radius 1 is 1.14 bits per heavy atom. The monoisotopic (exact) mass is 405 g/mol. The van der Waals surface area contributed by atoms with E-state index in [2.05, 4.69) is 24.3 Å². The summed E-state index contributed by atoms with van der Waals surface area (Å²) >= 11 is 0. The number of benzene rings is 1. The Balaban J connectivity index is 1.73. The van der Waals surface area contributed by atoms with E-state index >= 15 is 0 Å². The lowest BCUT2D eigenvalue weighted by Gasteiger charge is -2.23. The fourth-order valence-electron chi connectivity index (χ4n) is 4.26. The molecule has 0 bridgehead atoms. The molecule has 4 N–H and O–H groups in total. The highest BCUT2D eigenvalue weighted by atomic mass is 16.5. The van der Waals surface area contributed by atoms with Crippen LogP contribution in [0.1, 0.15) is 56.9 Å². The van der Waals surface area contributed by atoms with Crippen LogP contribution in [0.25, 0.3) is 0 Å². The first-order valence-electron chi connectivity index (χ1n) is 10.8. The van der Waals surface area contributed by atoms with Crippen LogP contribution >= 0.6 is 0 Å². The molecular weight excluding hydrogens is 368 g/mol. The number of hydrogen-bond donors (Lipinski definition) is 3. The molecular formula is C24H37O5+. The molecule has 1 aromatic rings. The Hall–Kier alpha value is -1.69. The van der Waals surface area contributed by atoms with Crippen LogP contribution in [0.5, 0.6) is 0 Å². The van der Waals surface area contributed by atoms with Crippen molar-refractivity contribution < 1.29 is 24.9 Å². The van der Waals surface area contributed by atoms with Crippen molar-refractivity contribution in [2.45, 2.75) is 76.1 Å². The van der Waals surface area contributed by atoms with Crippen molar-refractivity contribution in [2.24, 2.45) is 11.8 Å². The zero-order chi connectivity index (χ0) is 21.1. The van der Waals surface area contributed by atoms with Gasteiger partial charge in [0.05, 0.1) is 18.3 Å². The zero-order valence-corrected chi connectivity index (χ0v) is 17.5. The predicted octanol–water partition coefficient (Wildman–Crippen LogP) is 3.38. The Morgan fingerprint density at radius 3 is 2.59 bits per heavy atom. The summed E-state index contributed by atoms with van der Waals surface area (Å²) in [5, 5.41) is 31.1. The van der Waals surface area contributed by atoms with Crippen molar-refractivity contribution in [3.8, 4) is 0 Å². The maximum absolute atomic E-state index is 10.4. The molecule has 0 aliphatic heterocycles. The van der Waals surface area contributed by atoms with E-state index < -0.39 is 12.2 Å². The standard InChI is InChI=1S/C24H36O5/c1-29-24(28)12-8-3-2-7-11-20-21(23(27)17-22(20)26)16-15-19(25)14-13-18-9-5-4-6-10-18/h2,4-7,9-10,19-23,25-27H,3,8,11-17H2,1H3/p+1/b7-2-/t19-,20+,21+,22-,23+/m0/s1. The van der Waals surface area contributed by atoms with Crippen LogP contribution in [0.2, 0.25) is 0 Å². The van der Waals surface area contributed by atoms with E-state index in [1.165, 1.54) is 12.7 Å². The van der Waals surface area contributed by atoms with Gasteiger partial charge in [-0.1, -0.05) is 42.5 Å². The summed E-state index contributed by atoms with van der Waals surface area (Å²) in [6, 6.07) is 10.1. The average molecular weight is 406 g/mol. The van der Waals surface area contributed by atoms with Crippen LogP contribution < -0.4 is 0 Å². The van der Waals surface area contributed by atoms with E-state index in [1.54, 1.807) is 0 Å². The zero-order valence-electron chi connectivity index (χ0n) is 17.5. The number of unbranched alkanes of at least 4 members (excludes halogenated alkanes) is 1. The molecule has 162 valence electrons. The third kappa shape index (κ3) is 8.29. The van der Waals surface area contributed by atoms with Crippen LogP contribution in [0.3, 0.4) is 0 Å². The molecule has 5 atom stereocenters. The van der Waals surface area contributed by atoms with E-state index in [-0.39, 0.29) is 23.9 Å². The first kappa shape index (κ1) is 23.6. The Labute approximate surface area is 174 Å². The van der Waals surface area contributed by atoms with E-state index in [0.717, 1.165) is 32.1 Å². The van der Waals surface area contributed by atoms with Crippen molar-refractivity contribution in [2.75, 3.05) is 7.11 Å². The van der Waals surface area contributed by atoms with E-state index in [9.17, 15) is 20.1 Å². The second-order valence-corrected chi connectivity index (χ2v) is 8.15. The van der Waals surface area contributed by atoms with Gasteiger partial charge in [-0.3, -0.25) is 0 Å². The van der Waals surface area contributed by atoms with E-state index in [1.807, 2.05) is 18.2 Å². The number of allylic oxidation sites excluding steroid dienone is 2. The van der Waals surface area contributed by atoms with Gasteiger partial charge in [0.2, 0.25) is 0 Å². The SMILES string of the molecule is COC(=[OH+])CCC/C=C\C[C@@H]1[C@@H](CC[C@@H](O)CCc2ccccc2)[C@H](O)C[C@@H]1O. The predicted molar refractivity (Wildman–Crippen MR) is 115 cm³/mol. The maximum Gasteiger partial charge on any atom is 0.482 e. The van der Waals surface area contributed by atoms with E-state index in [0.29, 0.717) is 25.7 Å². The van der Waals surface area contributed by atoms with Gasteiger partial charge in [0.25, 0.3) is 0 Å². The summed E-state index contributed by atoms with van der Waals surface area (Å²) in [5.41, 5.74) is 1.22. The fourth-order valence-corrected chi connectivity index (χ4v) is 4.26. The van der Waals surface area contributed by atoms with Gasteiger partial charge in [0, 0.05) is 0 Å². The molecule has 0 amide bonds. The average Bonchev–Trinajstić information content (AvgIpc) is 3.00. The van der Waals surface area contributed by atoms with Gasteiger partial charge in [-0.05, 0) is 68.8 Å². The highest BCUT2D eigenvalue weighted by Crippen LogP contribution is 2.38. The van der Waals surface area contributed by atoms with Gasteiger partial charge in [0.15, 0.2) is 7.11 Å². The third-order valence-electron chi connectivity index (χ3n) is 6.04. The van der Waals surface area contributed by atoms with Crippen molar-refractivity contribution in [3.05, 3.63) is 48.0 Å².